The third-order valence-electron chi connectivity index (χ3n) is 4.21. The largest absolute Gasteiger partial charge is 0.384 e. The summed E-state index contributed by atoms with van der Waals surface area (Å²) in [5.74, 6) is 0. The fraction of sp³-hybridized carbons (Fsp3) is 0.333. The Kier molecular flexibility index (Phi) is 4.22. The quantitative estimate of drug-likeness (QED) is 0.828. The van der Waals surface area contributed by atoms with E-state index in [1.165, 1.54) is 11.1 Å². The lowest BCUT2D eigenvalue weighted by molar-refractivity contribution is 0.218. The highest BCUT2D eigenvalue weighted by molar-refractivity contribution is 6.32. The summed E-state index contributed by atoms with van der Waals surface area (Å²) < 4.78 is 0. The summed E-state index contributed by atoms with van der Waals surface area (Å²) in [7, 11) is 0. The van der Waals surface area contributed by atoms with Crippen molar-refractivity contribution in [2.24, 2.45) is 0 Å². The van der Waals surface area contributed by atoms with Crippen molar-refractivity contribution in [1.29, 1.82) is 0 Å². The van der Waals surface area contributed by atoms with E-state index in [1.54, 1.807) is 0 Å². The predicted molar refractivity (Wildman–Crippen MR) is 85.6 cm³/mol. The summed E-state index contributed by atoms with van der Waals surface area (Å²) in [5, 5.41) is 11.5. The summed E-state index contributed by atoms with van der Waals surface area (Å²) in [4.78, 5) is 0. The van der Waals surface area contributed by atoms with Crippen molar-refractivity contribution < 1.29 is 5.11 Å². The lowest BCUT2D eigenvalue weighted by atomic mass is 9.88. The second kappa shape index (κ2) is 5.59. The zero-order valence-corrected chi connectivity index (χ0v) is 13.5. The SMILES string of the molecule is Cc1cc(C)c(C)c(C(O)c2cccc(C)c2Cl)c1C. The Bertz CT molecular complexity index is 633. The molecule has 0 saturated carbocycles. The van der Waals surface area contributed by atoms with E-state index >= 15 is 0 Å². The van der Waals surface area contributed by atoms with Crippen LogP contribution in [0.5, 0.6) is 0 Å². The van der Waals surface area contributed by atoms with Crippen LogP contribution in [0.2, 0.25) is 5.02 Å². The van der Waals surface area contributed by atoms with Gasteiger partial charge in [-0.25, -0.2) is 0 Å². The maximum Gasteiger partial charge on any atom is 0.106 e. The number of rotatable bonds is 2. The van der Waals surface area contributed by atoms with Crippen molar-refractivity contribution in [2.45, 2.75) is 40.7 Å². The van der Waals surface area contributed by atoms with Crippen LogP contribution in [-0.4, -0.2) is 5.11 Å². The molecule has 2 rings (SSSR count). The van der Waals surface area contributed by atoms with E-state index in [1.807, 2.05) is 25.1 Å². The number of hydrogen-bond acceptors (Lipinski definition) is 1. The van der Waals surface area contributed by atoms with Gasteiger partial charge in [-0.3, -0.25) is 0 Å². The Morgan fingerprint density at radius 2 is 1.45 bits per heavy atom. The van der Waals surface area contributed by atoms with E-state index in [0.29, 0.717) is 5.02 Å². The van der Waals surface area contributed by atoms with Crippen LogP contribution in [0, 0.1) is 34.6 Å². The van der Waals surface area contributed by atoms with E-state index in [2.05, 4.69) is 33.8 Å². The van der Waals surface area contributed by atoms with Crippen molar-refractivity contribution in [3.63, 3.8) is 0 Å². The molecule has 2 heteroatoms. The summed E-state index contributed by atoms with van der Waals surface area (Å²) in [6.45, 7) is 10.2. The fourth-order valence-corrected chi connectivity index (χ4v) is 2.92. The fourth-order valence-electron chi connectivity index (χ4n) is 2.69. The molecule has 106 valence electrons. The second-order valence-electron chi connectivity index (χ2n) is 5.55. The second-order valence-corrected chi connectivity index (χ2v) is 5.93. The van der Waals surface area contributed by atoms with Gasteiger partial charge in [-0.1, -0.05) is 35.9 Å². The van der Waals surface area contributed by atoms with Gasteiger partial charge in [0.1, 0.15) is 6.10 Å². The molecule has 0 aliphatic carbocycles. The van der Waals surface area contributed by atoms with Gasteiger partial charge in [0.2, 0.25) is 0 Å². The molecule has 1 atom stereocenters. The Labute approximate surface area is 126 Å². The molecule has 0 heterocycles. The van der Waals surface area contributed by atoms with Gasteiger partial charge >= 0.3 is 0 Å². The van der Waals surface area contributed by atoms with Crippen molar-refractivity contribution in [2.75, 3.05) is 0 Å². The molecule has 0 aliphatic heterocycles. The van der Waals surface area contributed by atoms with Gasteiger partial charge in [-0.15, -0.1) is 0 Å². The smallest absolute Gasteiger partial charge is 0.106 e. The van der Waals surface area contributed by atoms with Crippen LogP contribution in [0.1, 0.15) is 45.0 Å². The molecule has 2 aromatic carbocycles. The van der Waals surface area contributed by atoms with Gasteiger partial charge in [0.05, 0.1) is 0 Å². The highest BCUT2D eigenvalue weighted by atomic mass is 35.5. The molecule has 2 aromatic rings. The first-order valence-electron chi connectivity index (χ1n) is 6.85. The number of benzene rings is 2. The van der Waals surface area contributed by atoms with Gasteiger partial charge in [0.25, 0.3) is 0 Å². The number of aliphatic hydroxyl groups excluding tert-OH is 1. The zero-order valence-electron chi connectivity index (χ0n) is 12.7. The zero-order chi connectivity index (χ0) is 15.0. The van der Waals surface area contributed by atoms with Gasteiger partial charge in [0.15, 0.2) is 0 Å². The molecule has 0 spiro atoms. The maximum absolute atomic E-state index is 10.8. The first-order valence-corrected chi connectivity index (χ1v) is 7.22. The Hall–Kier alpha value is -1.31. The summed E-state index contributed by atoms with van der Waals surface area (Å²) in [6.07, 6.45) is -0.680. The molecule has 0 aliphatic rings. The number of hydrogen-bond donors (Lipinski definition) is 1. The van der Waals surface area contributed by atoms with Crippen LogP contribution >= 0.6 is 11.6 Å². The minimum Gasteiger partial charge on any atom is -0.384 e. The number of aryl methyl sites for hydroxylation is 3. The van der Waals surface area contributed by atoms with Gasteiger partial charge in [-0.05, 0) is 68.0 Å². The lowest BCUT2D eigenvalue weighted by Gasteiger charge is -2.21. The average Bonchev–Trinajstić information content (AvgIpc) is 2.40. The van der Waals surface area contributed by atoms with E-state index in [9.17, 15) is 5.11 Å². The van der Waals surface area contributed by atoms with E-state index in [0.717, 1.165) is 27.8 Å². The topological polar surface area (TPSA) is 20.2 Å². The molecule has 0 fully saturated rings. The van der Waals surface area contributed by atoms with E-state index in [-0.39, 0.29) is 0 Å². The van der Waals surface area contributed by atoms with Crippen LogP contribution in [0.4, 0.5) is 0 Å². The first kappa shape index (κ1) is 15.1. The minimum atomic E-state index is -0.680. The standard InChI is InChI=1S/C18H21ClO/c1-10-7-6-8-15(17(10)19)18(20)16-13(4)11(2)9-12(3)14(16)5/h6-9,18,20H,1-5H3. The normalized spacial score (nSPS) is 12.6. The van der Waals surface area contributed by atoms with Gasteiger partial charge < -0.3 is 5.11 Å². The molecule has 0 saturated heterocycles. The molecule has 0 amide bonds. The van der Waals surface area contributed by atoms with E-state index in [4.69, 9.17) is 11.6 Å². The van der Waals surface area contributed by atoms with Gasteiger partial charge in [-0.2, -0.15) is 0 Å². The number of halogens is 1. The van der Waals surface area contributed by atoms with Crippen LogP contribution < -0.4 is 0 Å². The summed E-state index contributed by atoms with van der Waals surface area (Å²) in [5.41, 5.74) is 7.42. The van der Waals surface area contributed by atoms with E-state index < -0.39 is 6.10 Å². The Balaban J connectivity index is 2.65. The lowest BCUT2D eigenvalue weighted by Crippen LogP contribution is -2.08. The van der Waals surface area contributed by atoms with Crippen molar-refractivity contribution in [3.05, 3.63) is 68.2 Å². The molecule has 1 nitrogen and oxygen atoms in total. The van der Waals surface area contributed by atoms with Crippen LogP contribution in [0.15, 0.2) is 24.3 Å². The Morgan fingerprint density at radius 1 is 0.900 bits per heavy atom. The molecule has 1 unspecified atom stereocenters. The first-order chi connectivity index (χ1) is 9.34. The maximum atomic E-state index is 10.8. The van der Waals surface area contributed by atoms with Crippen LogP contribution in [0.3, 0.4) is 0 Å². The van der Waals surface area contributed by atoms with Crippen LogP contribution in [0.25, 0.3) is 0 Å². The van der Waals surface area contributed by atoms with Crippen molar-refractivity contribution in [3.8, 4) is 0 Å². The minimum absolute atomic E-state index is 0.651. The van der Waals surface area contributed by atoms with Crippen LogP contribution in [-0.2, 0) is 0 Å². The molecule has 0 radical (unpaired) electrons. The Morgan fingerprint density at radius 3 is 2.00 bits per heavy atom. The average molecular weight is 289 g/mol. The highest BCUT2D eigenvalue weighted by Gasteiger charge is 2.20. The summed E-state index contributed by atoms with van der Waals surface area (Å²) >= 11 is 6.36. The van der Waals surface area contributed by atoms with Crippen molar-refractivity contribution in [1.82, 2.24) is 0 Å². The number of aliphatic hydroxyl groups is 1. The molecule has 1 N–H and O–H groups in total. The molecular weight excluding hydrogens is 268 g/mol. The molecule has 0 bridgehead atoms. The summed E-state index contributed by atoms with van der Waals surface area (Å²) in [6, 6.07) is 7.96. The molecule has 0 aromatic heterocycles. The monoisotopic (exact) mass is 288 g/mol. The molecular formula is C18H21ClO. The molecule has 20 heavy (non-hydrogen) atoms. The third kappa shape index (κ3) is 2.48. The highest BCUT2D eigenvalue weighted by Crippen LogP contribution is 2.35. The predicted octanol–water partition coefficient (Wildman–Crippen LogP) is 4.96. The van der Waals surface area contributed by atoms with Crippen molar-refractivity contribution >= 4 is 11.6 Å². The third-order valence-corrected chi connectivity index (χ3v) is 4.73. The van der Waals surface area contributed by atoms with Gasteiger partial charge in [0, 0.05) is 10.6 Å².